The molecule has 1 aliphatic heterocycles. The lowest BCUT2D eigenvalue weighted by Crippen LogP contribution is -2.30. The van der Waals surface area contributed by atoms with Crippen molar-refractivity contribution in [1.82, 2.24) is 4.90 Å². The molecule has 0 aliphatic carbocycles. The van der Waals surface area contributed by atoms with Gasteiger partial charge < -0.3 is 25.1 Å². The Balaban J connectivity index is 1.32. The monoisotopic (exact) mass is 618 g/mol. The number of aromatic hydroxyl groups is 2. The topological polar surface area (TPSA) is 67.2 Å². The van der Waals surface area contributed by atoms with Gasteiger partial charge in [-0.05, 0) is 102 Å². The van der Waals surface area contributed by atoms with Crippen LogP contribution >= 0.6 is 12.2 Å². The SMILES string of the molecule is CN1C(=S)N(c2ccc(-c3ccccc3)cc2)[C@H](c2ccc(-c3cccc(O)c3)cc2O)[C@H]1CCCC(O)c1ccc(F)cc1. The number of nitrogens with zero attached hydrogens (tertiary/aromatic N) is 2. The third-order valence-corrected chi connectivity index (χ3v) is 9.15. The van der Waals surface area contributed by atoms with Crippen LogP contribution in [0.4, 0.5) is 10.1 Å². The van der Waals surface area contributed by atoms with Crippen molar-refractivity contribution in [2.75, 3.05) is 11.9 Å². The van der Waals surface area contributed by atoms with Gasteiger partial charge in [0.2, 0.25) is 0 Å². The molecule has 3 atom stereocenters. The number of hydrogen-bond donors (Lipinski definition) is 3. The van der Waals surface area contributed by atoms with Gasteiger partial charge in [0, 0.05) is 18.3 Å². The van der Waals surface area contributed by atoms with E-state index in [1.807, 2.05) is 43.4 Å². The highest BCUT2D eigenvalue weighted by molar-refractivity contribution is 7.80. The van der Waals surface area contributed by atoms with Gasteiger partial charge in [-0.2, -0.15) is 0 Å². The summed E-state index contributed by atoms with van der Waals surface area (Å²) in [5, 5.41) is 32.9. The summed E-state index contributed by atoms with van der Waals surface area (Å²) >= 11 is 6.03. The molecule has 7 heteroatoms. The number of thiocarbonyl (C=S) groups is 1. The first-order valence-electron chi connectivity index (χ1n) is 15.1. The summed E-state index contributed by atoms with van der Waals surface area (Å²) in [6.45, 7) is 0. The Kier molecular flexibility index (Phi) is 8.83. The Morgan fingerprint density at radius 2 is 1.40 bits per heavy atom. The normalized spacial score (nSPS) is 17.1. The van der Waals surface area contributed by atoms with Gasteiger partial charge in [0.15, 0.2) is 5.11 Å². The molecule has 6 rings (SSSR count). The van der Waals surface area contributed by atoms with E-state index in [4.69, 9.17) is 12.2 Å². The van der Waals surface area contributed by atoms with Gasteiger partial charge in [-0.15, -0.1) is 0 Å². The zero-order valence-corrected chi connectivity index (χ0v) is 25.7. The molecule has 0 aromatic heterocycles. The van der Waals surface area contributed by atoms with Crippen LogP contribution in [0.25, 0.3) is 22.3 Å². The molecule has 1 aliphatic rings. The van der Waals surface area contributed by atoms with Gasteiger partial charge in [-0.3, -0.25) is 0 Å². The molecular weight excluding hydrogens is 583 g/mol. The summed E-state index contributed by atoms with van der Waals surface area (Å²) in [7, 11) is 1.98. The van der Waals surface area contributed by atoms with Crippen LogP contribution < -0.4 is 4.90 Å². The van der Waals surface area contributed by atoms with Crippen LogP contribution in [0.2, 0.25) is 0 Å². The number of hydrogen-bond acceptors (Lipinski definition) is 4. The van der Waals surface area contributed by atoms with Crippen LogP contribution in [0, 0.1) is 5.82 Å². The number of rotatable bonds is 9. The van der Waals surface area contributed by atoms with Crippen molar-refractivity contribution in [2.24, 2.45) is 0 Å². The Morgan fingerprint density at radius 3 is 2.09 bits per heavy atom. The Labute approximate surface area is 268 Å². The predicted molar refractivity (Wildman–Crippen MR) is 182 cm³/mol. The minimum absolute atomic E-state index is 0.0933. The van der Waals surface area contributed by atoms with Crippen LogP contribution in [0.1, 0.15) is 42.5 Å². The fraction of sp³-hybridized carbons (Fsp3) is 0.184. The highest BCUT2D eigenvalue weighted by Crippen LogP contribution is 2.45. The van der Waals surface area contributed by atoms with Crippen molar-refractivity contribution in [3.05, 3.63) is 138 Å². The molecule has 3 N–H and O–H groups in total. The second-order valence-electron chi connectivity index (χ2n) is 11.5. The molecule has 1 heterocycles. The molecule has 1 unspecified atom stereocenters. The highest BCUT2D eigenvalue weighted by atomic mass is 32.1. The summed E-state index contributed by atoms with van der Waals surface area (Å²) < 4.78 is 13.4. The van der Waals surface area contributed by atoms with Crippen molar-refractivity contribution in [1.29, 1.82) is 0 Å². The highest BCUT2D eigenvalue weighted by Gasteiger charge is 2.43. The maximum Gasteiger partial charge on any atom is 0.176 e. The van der Waals surface area contributed by atoms with Crippen LogP contribution in [0.5, 0.6) is 11.5 Å². The average Bonchev–Trinajstić information content (AvgIpc) is 3.30. The molecule has 5 aromatic rings. The van der Waals surface area contributed by atoms with E-state index < -0.39 is 6.10 Å². The fourth-order valence-corrected chi connectivity index (χ4v) is 6.61. The number of anilines is 1. The van der Waals surface area contributed by atoms with E-state index in [-0.39, 0.29) is 29.4 Å². The first kappa shape index (κ1) is 30.3. The van der Waals surface area contributed by atoms with Gasteiger partial charge in [0.1, 0.15) is 17.3 Å². The third-order valence-electron chi connectivity index (χ3n) is 8.66. The molecule has 228 valence electrons. The minimum atomic E-state index is -0.709. The van der Waals surface area contributed by atoms with Crippen LogP contribution in [-0.4, -0.2) is 38.4 Å². The maximum absolute atomic E-state index is 13.4. The van der Waals surface area contributed by atoms with Gasteiger partial charge in [-0.25, -0.2) is 4.39 Å². The van der Waals surface area contributed by atoms with Gasteiger partial charge in [0.25, 0.3) is 0 Å². The number of phenols is 2. The molecule has 1 fully saturated rings. The second kappa shape index (κ2) is 13.1. The lowest BCUT2D eigenvalue weighted by molar-refractivity contribution is 0.159. The maximum atomic E-state index is 13.4. The standard InChI is InChI=1S/C38H35FN2O3S/c1-40-34(11-6-12-35(43)27-13-18-30(39)19-14-27)37(33-22-17-29(24-36(33)44)28-9-5-10-32(42)23-28)41(38(40)45)31-20-15-26(16-21-31)25-7-3-2-4-8-25/h2-5,7-10,13-24,34-35,37,42-44H,6,11-12H2,1H3/t34-,35?,37-/m1/s1. The first-order valence-corrected chi connectivity index (χ1v) is 15.5. The summed E-state index contributed by atoms with van der Waals surface area (Å²) in [5.41, 5.74) is 6.15. The molecule has 0 saturated carbocycles. The predicted octanol–water partition coefficient (Wildman–Crippen LogP) is 8.62. The molecular formula is C38H35FN2O3S. The summed E-state index contributed by atoms with van der Waals surface area (Å²) in [6.07, 6.45) is 1.19. The lowest BCUT2D eigenvalue weighted by atomic mass is 9.91. The number of likely N-dealkylation sites (N-methyl/N-ethyl adjacent to an activating group) is 1. The number of benzene rings is 5. The molecule has 5 nitrogen and oxygen atoms in total. The van der Waals surface area contributed by atoms with Crippen molar-refractivity contribution >= 4 is 23.0 Å². The zero-order valence-electron chi connectivity index (χ0n) is 24.9. The molecule has 0 spiro atoms. The Morgan fingerprint density at radius 1 is 0.756 bits per heavy atom. The van der Waals surface area contributed by atoms with Gasteiger partial charge in [-0.1, -0.05) is 78.9 Å². The van der Waals surface area contributed by atoms with E-state index in [2.05, 4.69) is 46.2 Å². The lowest BCUT2D eigenvalue weighted by Gasteiger charge is -2.29. The van der Waals surface area contributed by atoms with Crippen molar-refractivity contribution in [2.45, 2.75) is 37.5 Å². The summed E-state index contributed by atoms with van der Waals surface area (Å²) in [4.78, 5) is 4.19. The number of aliphatic hydroxyl groups excluding tert-OH is 1. The number of phenolic OH excluding ortho intramolecular Hbond substituents is 2. The third kappa shape index (κ3) is 6.41. The molecule has 0 radical (unpaired) electrons. The second-order valence-corrected chi connectivity index (χ2v) is 11.9. The summed E-state index contributed by atoms with van der Waals surface area (Å²) in [5.74, 6) is -0.0327. The average molecular weight is 619 g/mol. The molecule has 45 heavy (non-hydrogen) atoms. The van der Waals surface area contributed by atoms with E-state index in [9.17, 15) is 19.7 Å². The van der Waals surface area contributed by atoms with E-state index >= 15 is 0 Å². The van der Waals surface area contributed by atoms with E-state index in [0.29, 0.717) is 29.9 Å². The smallest absolute Gasteiger partial charge is 0.176 e. The van der Waals surface area contributed by atoms with Crippen LogP contribution in [0.15, 0.2) is 121 Å². The van der Waals surface area contributed by atoms with Crippen molar-refractivity contribution in [3.8, 4) is 33.8 Å². The van der Waals surface area contributed by atoms with Crippen molar-refractivity contribution in [3.63, 3.8) is 0 Å². The summed E-state index contributed by atoms with van der Waals surface area (Å²) in [6, 6.07) is 36.6. The van der Waals surface area contributed by atoms with Crippen LogP contribution in [-0.2, 0) is 0 Å². The molecule has 0 bridgehead atoms. The molecule has 1 saturated heterocycles. The van der Waals surface area contributed by atoms with Crippen LogP contribution in [0.3, 0.4) is 0 Å². The number of halogens is 1. The van der Waals surface area contributed by atoms with E-state index in [0.717, 1.165) is 33.5 Å². The zero-order chi connectivity index (χ0) is 31.5. The number of aliphatic hydroxyl groups is 1. The first-order chi connectivity index (χ1) is 21.8. The Hall–Kier alpha value is -4.72. The van der Waals surface area contributed by atoms with Gasteiger partial charge >= 0.3 is 0 Å². The molecule has 0 amide bonds. The fourth-order valence-electron chi connectivity index (χ4n) is 6.26. The molecule has 5 aromatic carbocycles. The minimum Gasteiger partial charge on any atom is -0.508 e. The van der Waals surface area contributed by atoms with E-state index in [1.165, 1.54) is 12.1 Å². The quantitative estimate of drug-likeness (QED) is 0.144. The van der Waals surface area contributed by atoms with Gasteiger partial charge in [0.05, 0.1) is 18.2 Å². The van der Waals surface area contributed by atoms with E-state index in [1.54, 1.807) is 36.4 Å². The van der Waals surface area contributed by atoms with Crippen molar-refractivity contribution < 1.29 is 19.7 Å². The largest absolute Gasteiger partial charge is 0.508 e. The Bertz CT molecular complexity index is 1780.